The van der Waals surface area contributed by atoms with E-state index in [9.17, 15) is 14.7 Å². The average molecular weight is 282 g/mol. The Hall–Kier alpha value is -1.26. The van der Waals surface area contributed by atoms with Crippen molar-refractivity contribution in [1.82, 2.24) is 10.2 Å². The van der Waals surface area contributed by atoms with Crippen LogP contribution in [0.1, 0.15) is 52.9 Å². The summed E-state index contributed by atoms with van der Waals surface area (Å²) < 4.78 is 0. The van der Waals surface area contributed by atoms with Crippen LogP contribution in [0.4, 0.5) is 4.79 Å². The van der Waals surface area contributed by atoms with E-state index in [1.807, 2.05) is 4.90 Å². The van der Waals surface area contributed by atoms with Gasteiger partial charge in [-0.3, -0.25) is 4.79 Å². The van der Waals surface area contributed by atoms with E-state index < -0.39 is 11.4 Å². The minimum Gasteiger partial charge on any atom is -0.481 e. The van der Waals surface area contributed by atoms with Gasteiger partial charge in [-0.2, -0.15) is 0 Å². The molecule has 2 N–H and O–H groups in total. The molecule has 1 saturated heterocycles. The molecule has 2 fully saturated rings. The van der Waals surface area contributed by atoms with Gasteiger partial charge in [0.05, 0.1) is 5.41 Å². The van der Waals surface area contributed by atoms with Crippen molar-refractivity contribution in [3.05, 3.63) is 0 Å². The molecule has 0 aromatic rings. The Morgan fingerprint density at radius 2 is 1.75 bits per heavy atom. The van der Waals surface area contributed by atoms with Gasteiger partial charge in [0.25, 0.3) is 0 Å². The number of urea groups is 1. The van der Waals surface area contributed by atoms with Crippen LogP contribution in [0.15, 0.2) is 0 Å². The standard InChI is InChI=1S/C15H26N2O3/c1-14(2)7-9-17(10-8-14)13(20)16-11-5-4-6-15(11,3)12(18)19/h11H,4-10H2,1-3H3,(H,16,20)(H,18,19). The molecule has 20 heavy (non-hydrogen) atoms. The molecule has 0 spiro atoms. The highest BCUT2D eigenvalue weighted by atomic mass is 16.4. The molecule has 5 heteroatoms. The lowest BCUT2D eigenvalue weighted by molar-refractivity contribution is -0.148. The van der Waals surface area contributed by atoms with Crippen LogP contribution in [-0.4, -0.2) is 41.1 Å². The van der Waals surface area contributed by atoms with E-state index in [1.54, 1.807) is 6.92 Å². The highest BCUT2D eigenvalue weighted by Crippen LogP contribution is 2.38. The predicted molar refractivity (Wildman–Crippen MR) is 76.5 cm³/mol. The third-order valence-electron chi connectivity index (χ3n) is 5.15. The van der Waals surface area contributed by atoms with Gasteiger partial charge in [0.2, 0.25) is 0 Å². The van der Waals surface area contributed by atoms with Gasteiger partial charge >= 0.3 is 12.0 Å². The first kappa shape index (κ1) is 15.1. The Morgan fingerprint density at radius 3 is 2.30 bits per heavy atom. The third-order valence-corrected chi connectivity index (χ3v) is 5.15. The number of carboxylic acid groups (broad SMARTS) is 1. The number of hydrogen-bond donors (Lipinski definition) is 2. The first-order valence-corrected chi connectivity index (χ1v) is 7.53. The number of likely N-dealkylation sites (tertiary alicyclic amines) is 1. The first-order chi connectivity index (χ1) is 9.24. The van der Waals surface area contributed by atoms with Gasteiger partial charge in [0.1, 0.15) is 0 Å². The van der Waals surface area contributed by atoms with E-state index in [0.29, 0.717) is 11.8 Å². The second-order valence-electron chi connectivity index (χ2n) is 7.27. The lowest BCUT2D eigenvalue weighted by Crippen LogP contribution is -2.53. The molecule has 0 aromatic heterocycles. The van der Waals surface area contributed by atoms with Crippen LogP contribution in [0, 0.1) is 10.8 Å². The van der Waals surface area contributed by atoms with E-state index in [4.69, 9.17) is 0 Å². The van der Waals surface area contributed by atoms with E-state index >= 15 is 0 Å². The Bertz CT molecular complexity index is 398. The van der Waals surface area contributed by atoms with E-state index in [-0.39, 0.29) is 12.1 Å². The van der Waals surface area contributed by atoms with E-state index in [2.05, 4.69) is 19.2 Å². The molecule has 1 saturated carbocycles. The fourth-order valence-electron chi connectivity index (χ4n) is 3.21. The summed E-state index contributed by atoms with van der Waals surface area (Å²) in [4.78, 5) is 25.5. The van der Waals surface area contributed by atoms with Gasteiger partial charge in [-0.25, -0.2) is 4.79 Å². The highest BCUT2D eigenvalue weighted by Gasteiger charge is 2.46. The minimum absolute atomic E-state index is 0.0973. The number of hydrogen-bond acceptors (Lipinski definition) is 2. The zero-order chi connectivity index (χ0) is 15.0. The molecular weight excluding hydrogens is 256 g/mol. The maximum Gasteiger partial charge on any atom is 0.317 e. The molecule has 1 heterocycles. The van der Waals surface area contributed by atoms with Crippen molar-refractivity contribution in [3.8, 4) is 0 Å². The molecule has 0 aromatic carbocycles. The SMILES string of the molecule is CC1(C)CCN(C(=O)NC2CCCC2(C)C(=O)O)CC1. The predicted octanol–water partition coefficient (Wildman–Crippen LogP) is 2.46. The topological polar surface area (TPSA) is 69.6 Å². The molecule has 1 aliphatic carbocycles. The summed E-state index contributed by atoms with van der Waals surface area (Å²) in [6, 6.07) is -0.345. The maximum atomic E-state index is 12.3. The quantitative estimate of drug-likeness (QED) is 0.817. The summed E-state index contributed by atoms with van der Waals surface area (Å²) in [5.74, 6) is -0.805. The Labute approximate surface area is 120 Å². The number of amides is 2. The van der Waals surface area contributed by atoms with Gasteiger partial charge in [-0.1, -0.05) is 20.3 Å². The molecule has 1 aliphatic heterocycles. The molecule has 5 nitrogen and oxygen atoms in total. The van der Waals surface area contributed by atoms with Crippen LogP contribution in [-0.2, 0) is 4.79 Å². The van der Waals surface area contributed by atoms with Crippen molar-refractivity contribution in [3.63, 3.8) is 0 Å². The fourth-order valence-corrected chi connectivity index (χ4v) is 3.21. The molecule has 2 unspecified atom stereocenters. The number of piperidine rings is 1. The van der Waals surface area contributed by atoms with Gasteiger partial charge in [-0.15, -0.1) is 0 Å². The van der Waals surface area contributed by atoms with Crippen LogP contribution in [0.2, 0.25) is 0 Å². The fraction of sp³-hybridized carbons (Fsp3) is 0.867. The molecule has 0 radical (unpaired) electrons. The second kappa shape index (κ2) is 5.26. The van der Waals surface area contributed by atoms with Crippen LogP contribution < -0.4 is 5.32 Å². The van der Waals surface area contributed by atoms with Crippen LogP contribution in [0.25, 0.3) is 0 Å². The van der Waals surface area contributed by atoms with Crippen molar-refractivity contribution < 1.29 is 14.7 Å². The van der Waals surface area contributed by atoms with Gasteiger partial charge in [0.15, 0.2) is 0 Å². The Balaban J connectivity index is 1.93. The summed E-state index contributed by atoms with van der Waals surface area (Å²) in [6.07, 6.45) is 4.26. The zero-order valence-corrected chi connectivity index (χ0v) is 12.7. The molecular formula is C15H26N2O3. The summed E-state index contributed by atoms with van der Waals surface area (Å²) in [6.45, 7) is 7.71. The summed E-state index contributed by atoms with van der Waals surface area (Å²) >= 11 is 0. The smallest absolute Gasteiger partial charge is 0.317 e. The third kappa shape index (κ3) is 2.91. The summed E-state index contributed by atoms with van der Waals surface area (Å²) in [7, 11) is 0. The Kier molecular flexibility index (Phi) is 3.98. The summed E-state index contributed by atoms with van der Waals surface area (Å²) in [5, 5.41) is 12.3. The number of nitrogens with zero attached hydrogens (tertiary/aromatic N) is 1. The highest BCUT2D eigenvalue weighted by molar-refractivity contribution is 5.79. The maximum absolute atomic E-state index is 12.3. The van der Waals surface area contributed by atoms with Gasteiger partial charge < -0.3 is 15.3 Å². The molecule has 2 aliphatic rings. The number of carboxylic acids is 1. The second-order valence-corrected chi connectivity index (χ2v) is 7.27. The van der Waals surface area contributed by atoms with Gasteiger partial charge in [0, 0.05) is 19.1 Å². The van der Waals surface area contributed by atoms with Crippen molar-refractivity contribution in [2.75, 3.05) is 13.1 Å². The molecule has 2 rings (SSSR count). The number of aliphatic carboxylic acids is 1. The number of carbonyl (C=O) groups is 2. The molecule has 2 amide bonds. The molecule has 0 bridgehead atoms. The van der Waals surface area contributed by atoms with Crippen LogP contribution >= 0.6 is 0 Å². The van der Waals surface area contributed by atoms with Crippen LogP contribution in [0.5, 0.6) is 0 Å². The first-order valence-electron chi connectivity index (χ1n) is 7.53. The van der Waals surface area contributed by atoms with Crippen LogP contribution in [0.3, 0.4) is 0 Å². The lowest BCUT2D eigenvalue weighted by atomic mass is 9.82. The van der Waals surface area contributed by atoms with Crippen molar-refractivity contribution in [2.45, 2.75) is 58.9 Å². The van der Waals surface area contributed by atoms with Gasteiger partial charge in [-0.05, 0) is 38.0 Å². The van der Waals surface area contributed by atoms with Crippen molar-refractivity contribution in [2.24, 2.45) is 10.8 Å². The summed E-state index contributed by atoms with van der Waals surface area (Å²) in [5.41, 5.74) is -0.509. The zero-order valence-electron chi connectivity index (χ0n) is 12.7. The Morgan fingerprint density at radius 1 is 1.15 bits per heavy atom. The molecule has 2 atom stereocenters. The normalized spacial score (nSPS) is 33.0. The van der Waals surface area contributed by atoms with Crippen molar-refractivity contribution >= 4 is 12.0 Å². The number of rotatable bonds is 2. The van der Waals surface area contributed by atoms with Crippen molar-refractivity contribution in [1.29, 1.82) is 0 Å². The van der Waals surface area contributed by atoms with E-state index in [1.165, 1.54) is 0 Å². The van der Waals surface area contributed by atoms with E-state index in [0.717, 1.165) is 38.8 Å². The molecule has 114 valence electrons. The monoisotopic (exact) mass is 282 g/mol. The minimum atomic E-state index is -0.815. The number of nitrogens with one attached hydrogen (secondary N) is 1. The largest absolute Gasteiger partial charge is 0.481 e. The lowest BCUT2D eigenvalue weighted by Gasteiger charge is -2.38. The average Bonchev–Trinajstić information content (AvgIpc) is 2.72. The number of carbonyl (C=O) groups excluding carboxylic acids is 1.